The zero-order chi connectivity index (χ0) is 26.4. The molecule has 3 aromatic carbocycles. The molecular weight excluding hydrogens is 578 g/mol. The van der Waals surface area contributed by atoms with Gasteiger partial charge in [-0.25, -0.2) is 0 Å². The van der Waals surface area contributed by atoms with Crippen LogP contribution in [0.15, 0.2) is 70.0 Å². The van der Waals surface area contributed by atoms with E-state index in [0.717, 1.165) is 22.9 Å². The number of hydrogen-bond donors (Lipinski definition) is 0. The van der Waals surface area contributed by atoms with Crippen molar-refractivity contribution in [2.45, 2.75) is 20.5 Å². The maximum Gasteiger partial charge on any atom is 0.293 e. The van der Waals surface area contributed by atoms with Crippen LogP contribution in [0.1, 0.15) is 23.6 Å². The number of para-hydroxylation sites is 1. The molecule has 0 radical (unpaired) electrons. The molecule has 1 saturated heterocycles. The zero-order valence-electron chi connectivity index (χ0n) is 20.3. The van der Waals surface area contributed by atoms with Gasteiger partial charge >= 0.3 is 0 Å². The monoisotopic (exact) mass is 601 g/mol. The second-order valence-corrected chi connectivity index (χ2v) is 10.4. The average Bonchev–Trinajstić information content (AvgIpc) is 3.12. The molecule has 1 heterocycles. The molecule has 0 saturated carbocycles. The van der Waals surface area contributed by atoms with Crippen molar-refractivity contribution in [3.63, 3.8) is 0 Å². The number of ether oxygens (including phenoxy) is 3. The number of benzene rings is 3. The first-order valence-corrected chi connectivity index (χ1v) is 13.6. The third-order valence-corrected chi connectivity index (χ3v) is 7.19. The van der Waals surface area contributed by atoms with E-state index in [9.17, 15) is 9.59 Å². The summed E-state index contributed by atoms with van der Waals surface area (Å²) >= 11 is 10.6. The number of carbonyl (C=O) groups is 2. The van der Waals surface area contributed by atoms with E-state index < -0.39 is 0 Å². The molecule has 1 aliphatic rings. The third-order valence-electron chi connectivity index (χ3n) is 5.38. The molecule has 0 aromatic heterocycles. The van der Waals surface area contributed by atoms with Crippen LogP contribution < -0.4 is 14.2 Å². The Bertz CT molecular complexity index is 1350. The number of carbonyl (C=O) groups excluding carboxylic acids is 2. The summed E-state index contributed by atoms with van der Waals surface area (Å²) in [6.45, 7) is 5.01. The highest BCUT2D eigenvalue weighted by atomic mass is 79.9. The molecule has 0 atom stereocenters. The summed E-state index contributed by atoms with van der Waals surface area (Å²) in [6, 6.07) is 18.8. The number of amides is 2. The molecule has 6 nitrogen and oxygen atoms in total. The number of thioether (sulfide) groups is 1. The van der Waals surface area contributed by atoms with Gasteiger partial charge in [0.25, 0.3) is 11.1 Å². The maximum absolute atomic E-state index is 12.9. The predicted octanol–water partition coefficient (Wildman–Crippen LogP) is 7.50. The lowest BCUT2D eigenvalue weighted by Gasteiger charge is -2.15. The van der Waals surface area contributed by atoms with Crippen molar-refractivity contribution in [1.82, 2.24) is 4.90 Å². The van der Waals surface area contributed by atoms with Gasteiger partial charge < -0.3 is 14.2 Å². The molecule has 9 heteroatoms. The fourth-order valence-corrected chi connectivity index (χ4v) is 5.31. The largest absolute Gasteiger partial charge is 0.490 e. The molecule has 0 N–H and O–H groups in total. The molecule has 0 spiro atoms. The second kappa shape index (κ2) is 12.5. The summed E-state index contributed by atoms with van der Waals surface area (Å²) in [5.41, 5.74) is 2.91. The topological polar surface area (TPSA) is 65.1 Å². The van der Waals surface area contributed by atoms with Gasteiger partial charge in [-0.3, -0.25) is 14.5 Å². The van der Waals surface area contributed by atoms with Gasteiger partial charge in [0.2, 0.25) is 0 Å². The van der Waals surface area contributed by atoms with Crippen LogP contribution in [0.5, 0.6) is 17.2 Å². The molecule has 3 aromatic rings. The number of nitrogens with zero attached hydrogens (tertiary/aromatic N) is 1. The maximum atomic E-state index is 12.9. The number of rotatable bonds is 10. The molecule has 37 heavy (non-hydrogen) atoms. The first-order valence-electron chi connectivity index (χ1n) is 11.6. The second-order valence-electron chi connectivity index (χ2n) is 8.15. The van der Waals surface area contributed by atoms with Gasteiger partial charge in [-0.1, -0.05) is 53.6 Å². The van der Waals surface area contributed by atoms with Crippen LogP contribution in [0.4, 0.5) is 4.79 Å². The van der Waals surface area contributed by atoms with E-state index in [1.165, 1.54) is 4.90 Å². The zero-order valence-corrected chi connectivity index (χ0v) is 23.5. The first kappa shape index (κ1) is 27.1. The van der Waals surface area contributed by atoms with Gasteiger partial charge in [-0.2, -0.15) is 0 Å². The Balaban J connectivity index is 1.47. The normalized spacial score (nSPS) is 14.4. The highest BCUT2D eigenvalue weighted by molar-refractivity contribution is 9.10. The van der Waals surface area contributed by atoms with Crippen molar-refractivity contribution in [3.05, 3.63) is 91.8 Å². The van der Waals surface area contributed by atoms with E-state index in [4.69, 9.17) is 25.8 Å². The summed E-state index contributed by atoms with van der Waals surface area (Å²) in [5.74, 6) is 1.25. The summed E-state index contributed by atoms with van der Waals surface area (Å²) in [4.78, 5) is 27.0. The van der Waals surface area contributed by atoms with E-state index in [-0.39, 0.29) is 24.3 Å². The standard InChI is InChI=1S/C28H25BrClNO5S/c1-3-34-24-15-20(14-21(29)26(24)36-17-19-8-6-7-18(2)13-19)16-25-27(32)31(28(33)37-25)11-12-35-23-10-5-4-9-22(23)30/h4-10,13-16H,3,11-12,17H2,1-2H3/b25-16-. The minimum Gasteiger partial charge on any atom is -0.490 e. The van der Waals surface area contributed by atoms with Crippen LogP contribution in [0.25, 0.3) is 6.08 Å². The summed E-state index contributed by atoms with van der Waals surface area (Å²) in [7, 11) is 0. The Morgan fingerprint density at radius 3 is 2.57 bits per heavy atom. The molecule has 1 fully saturated rings. The average molecular weight is 603 g/mol. The fourth-order valence-electron chi connectivity index (χ4n) is 3.68. The lowest BCUT2D eigenvalue weighted by Crippen LogP contribution is -2.32. The fraction of sp³-hybridized carbons (Fsp3) is 0.214. The van der Waals surface area contributed by atoms with Crippen LogP contribution >= 0.6 is 39.3 Å². The highest BCUT2D eigenvalue weighted by Gasteiger charge is 2.35. The van der Waals surface area contributed by atoms with Gasteiger partial charge in [0.1, 0.15) is 19.0 Å². The number of hydrogen-bond acceptors (Lipinski definition) is 6. The van der Waals surface area contributed by atoms with E-state index >= 15 is 0 Å². The van der Waals surface area contributed by atoms with Crippen LogP contribution in [0.2, 0.25) is 5.02 Å². The molecular formula is C28H25BrClNO5S. The van der Waals surface area contributed by atoms with Crippen molar-refractivity contribution >= 4 is 56.5 Å². The lowest BCUT2D eigenvalue weighted by atomic mass is 10.1. The lowest BCUT2D eigenvalue weighted by molar-refractivity contribution is -0.123. The van der Waals surface area contributed by atoms with E-state index in [1.807, 2.05) is 38.1 Å². The molecule has 0 bridgehead atoms. The molecule has 0 aliphatic carbocycles. The predicted molar refractivity (Wildman–Crippen MR) is 150 cm³/mol. The van der Waals surface area contributed by atoms with E-state index in [2.05, 4.69) is 22.0 Å². The Morgan fingerprint density at radius 2 is 1.81 bits per heavy atom. The van der Waals surface area contributed by atoms with Crippen LogP contribution in [-0.2, 0) is 11.4 Å². The van der Waals surface area contributed by atoms with Crippen LogP contribution in [0.3, 0.4) is 0 Å². The Kier molecular flexibility index (Phi) is 9.18. The van der Waals surface area contributed by atoms with Gasteiger partial charge in [0, 0.05) is 0 Å². The molecule has 192 valence electrons. The van der Waals surface area contributed by atoms with Gasteiger partial charge in [-0.15, -0.1) is 0 Å². The van der Waals surface area contributed by atoms with Crippen molar-refractivity contribution in [3.8, 4) is 17.2 Å². The quantitative estimate of drug-likeness (QED) is 0.224. The number of imide groups is 1. The highest BCUT2D eigenvalue weighted by Crippen LogP contribution is 2.39. The first-order chi connectivity index (χ1) is 17.9. The van der Waals surface area contributed by atoms with Crippen molar-refractivity contribution < 1.29 is 23.8 Å². The summed E-state index contributed by atoms with van der Waals surface area (Å²) in [6.07, 6.45) is 1.68. The van der Waals surface area contributed by atoms with Crippen LogP contribution in [-0.4, -0.2) is 35.8 Å². The van der Waals surface area contributed by atoms with Gasteiger partial charge in [-0.05, 0) is 83.0 Å². The molecule has 0 unspecified atom stereocenters. The van der Waals surface area contributed by atoms with Crippen molar-refractivity contribution in [2.24, 2.45) is 0 Å². The van der Waals surface area contributed by atoms with E-state index in [0.29, 0.717) is 50.4 Å². The molecule has 1 aliphatic heterocycles. The molecule has 4 rings (SSSR count). The molecule has 2 amide bonds. The number of aryl methyl sites for hydroxylation is 1. The Hall–Kier alpha value is -2.94. The third kappa shape index (κ3) is 6.89. The Labute approximate surface area is 233 Å². The minimum absolute atomic E-state index is 0.118. The Morgan fingerprint density at radius 1 is 1.00 bits per heavy atom. The van der Waals surface area contributed by atoms with E-state index in [1.54, 1.807) is 36.4 Å². The van der Waals surface area contributed by atoms with Gasteiger partial charge in [0.15, 0.2) is 11.5 Å². The SMILES string of the molecule is CCOc1cc(/C=C2\SC(=O)N(CCOc3ccccc3Cl)C2=O)cc(Br)c1OCc1cccc(C)c1. The van der Waals surface area contributed by atoms with Gasteiger partial charge in [0.05, 0.1) is 27.6 Å². The van der Waals surface area contributed by atoms with Crippen LogP contribution in [0, 0.1) is 6.92 Å². The smallest absolute Gasteiger partial charge is 0.293 e. The van der Waals surface area contributed by atoms with Crippen molar-refractivity contribution in [2.75, 3.05) is 19.8 Å². The summed E-state index contributed by atoms with van der Waals surface area (Å²) in [5, 5.41) is 0.125. The number of halogens is 2. The van der Waals surface area contributed by atoms with Crippen molar-refractivity contribution in [1.29, 1.82) is 0 Å². The summed E-state index contributed by atoms with van der Waals surface area (Å²) < 4.78 is 18.2. The minimum atomic E-state index is -0.369.